The summed E-state index contributed by atoms with van der Waals surface area (Å²) in [4.78, 5) is 0. The van der Waals surface area contributed by atoms with E-state index >= 15 is 0 Å². The van der Waals surface area contributed by atoms with E-state index in [0.717, 1.165) is 25.7 Å². The Morgan fingerprint density at radius 3 is 1.92 bits per heavy atom. The van der Waals surface area contributed by atoms with Gasteiger partial charge in [-0.05, 0) is 25.7 Å². The van der Waals surface area contributed by atoms with Crippen LogP contribution >= 0.6 is 0 Å². The molecule has 0 N–H and O–H groups in total. The fourth-order valence-corrected chi connectivity index (χ4v) is 0.835. The molecular formula is C12H18. The second-order valence-corrected chi connectivity index (χ2v) is 2.58. The molecule has 0 rings (SSSR count). The predicted molar refractivity (Wildman–Crippen MR) is 57.1 cm³/mol. The summed E-state index contributed by atoms with van der Waals surface area (Å²) in [6.45, 7) is 7.27. The second-order valence-electron chi connectivity index (χ2n) is 2.58. The standard InChI is InChI=1S/C12H18/c1-3-5-7-9-11-12-10-8-6-4-2/h3-5,7,10,12H,1-2,6,8-9,11H2. The minimum atomic E-state index is 1.08. The number of allylic oxidation sites excluding steroid dienone is 6. The Labute approximate surface area is 76.0 Å². The van der Waals surface area contributed by atoms with Gasteiger partial charge in [0.1, 0.15) is 0 Å². The molecule has 0 heteroatoms. The van der Waals surface area contributed by atoms with Crippen molar-refractivity contribution in [3.63, 3.8) is 0 Å². The zero-order valence-corrected chi connectivity index (χ0v) is 7.71. The summed E-state index contributed by atoms with van der Waals surface area (Å²) in [5.41, 5.74) is 0. The molecule has 0 aromatic heterocycles. The lowest BCUT2D eigenvalue weighted by atomic mass is 10.2. The maximum Gasteiger partial charge on any atom is -0.0313 e. The minimum Gasteiger partial charge on any atom is -0.103 e. The molecule has 12 heavy (non-hydrogen) atoms. The molecule has 0 saturated heterocycles. The highest BCUT2D eigenvalue weighted by molar-refractivity contribution is 4.98. The van der Waals surface area contributed by atoms with Crippen molar-refractivity contribution in [2.45, 2.75) is 25.7 Å². The van der Waals surface area contributed by atoms with Crippen LogP contribution in [0.4, 0.5) is 0 Å². The molecule has 0 saturated carbocycles. The van der Waals surface area contributed by atoms with Crippen LogP contribution in [0.25, 0.3) is 0 Å². The molecule has 0 aromatic rings. The summed E-state index contributed by atoms with van der Waals surface area (Å²) in [7, 11) is 0. The highest BCUT2D eigenvalue weighted by Gasteiger charge is 1.76. The van der Waals surface area contributed by atoms with Crippen LogP contribution in [0.15, 0.2) is 49.6 Å². The molecule has 66 valence electrons. The van der Waals surface area contributed by atoms with Gasteiger partial charge in [-0.15, -0.1) is 6.58 Å². The summed E-state index contributed by atoms with van der Waals surface area (Å²) < 4.78 is 0. The van der Waals surface area contributed by atoms with Crippen molar-refractivity contribution in [1.82, 2.24) is 0 Å². The molecule has 0 atom stereocenters. The van der Waals surface area contributed by atoms with Gasteiger partial charge in [-0.3, -0.25) is 0 Å². The van der Waals surface area contributed by atoms with Crippen molar-refractivity contribution < 1.29 is 0 Å². The van der Waals surface area contributed by atoms with Gasteiger partial charge in [0.2, 0.25) is 0 Å². The maximum atomic E-state index is 3.66. The van der Waals surface area contributed by atoms with Crippen LogP contribution in [-0.4, -0.2) is 0 Å². The maximum absolute atomic E-state index is 3.66. The largest absolute Gasteiger partial charge is 0.103 e. The van der Waals surface area contributed by atoms with Gasteiger partial charge in [0.25, 0.3) is 0 Å². The Balaban J connectivity index is 3.17. The van der Waals surface area contributed by atoms with E-state index in [1.54, 1.807) is 6.08 Å². The molecule has 0 aliphatic heterocycles. The Morgan fingerprint density at radius 2 is 1.33 bits per heavy atom. The first kappa shape index (κ1) is 11.0. The van der Waals surface area contributed by atoms with E-state index in [1.807, 2.05) is 12.2 Å². The summed E-state index contributed by atoms with van der Waals surface area (Å²) in [6, 6.07) is 0. The summed E-state index contributed by atoms with van der Waals surface area (Å²) in [5.74, 6) is 0. The summed E-state index contributed by atoms with van der Waals surface area (Å²) in [5, 5.41) is 0. The number of rotatable bonds is 7. The molecule has 0 radical (unpaired) electrons. The van der Waals surface area contributed by atoms with Gasteiger partial charge >= 0.3 is 0 Å². The Hall–Kier alpha value is -1.04. The first-order valence-corrected chi connectivity index (χ1v) is 4.45. The molecule has 0 heterocycles. The SMILES string of the molecule is C=CC=CCCC=CCCC=C. The van der Waals surface area contributed by atoms with Crippen molar-refractivity contribution in [2.24, 2.45) is 0 Å². The smallest absolute Gasteiger partial charge is 0.0313 e. The Bertz CT molecular complexity index is 161. The molecule has 0 fully saturated rings. The van der Waals surface area contributed by atoms with Crippen LogP contribution in [0.5, 0.6) is 0 Å². The van der Waals surface area contributed by atoms with Crippen molar-refractivity contribution in [2.75, 3.05) is 0 Å². The van der Waals surface area contributed by atoms with Gasteiger partial charge in [-0.1, -0.05) is 43.0 Å². The quantitative estimate of drug-likeness (QED) is 0.301. The first-order chi connectivity index (χ1) is 5.91. The third-order valence-corrected chi connectivity index (χ3v) is 1.48. The number of unbranched alkanes of at least 4 members (excludes halogenated alkanes) is 2. The molecule has 0 unspecified atom stereocenters. The fraction of sp³-hybridized carbons (Fsp3) is 0.333. The van der Waals surface area contributed by atoms with Gasteiger partial charge in [0.15, 0.2) is 0 Å². The highest BCUT2D eigenvalue weighted by Crippen LogP contribution is 1.96. The van der Waals surface area contributed by atoms with Gasteiger partial charge in [0.05, 0.1) is 0 Å². The summed E-state index contributed by atoms with van der Waals surface area (Å²) >= 11 is 0. The topological polar surface area (TPSA) is 0 Å². The van der Waals surface area contributed by atoms with E-state index in [1.165, 1.54) is 0 Å². The number of hydrogen-bond donors (Lipinski definition) is 0. The van der Waals surface area contributed by atoms with Crippen molar-refractivity contribution >= 4 is 0 Å². The van der Waals surface area contributed by atoms with E-state index in [-0.39, 0.29) is 0 Å². The van der Waals surface area contributed by atoms with E-state index in [0.29, 0.717) is 0 Å². The van der Waals surface area contributed by atoms with Crippen LogP contribution in [0, 0.1) is 0 Å². The third-order valence-electron chi connectivity index (χ3n) is 1.48. The van der Waals surface area contributed by atoms with Crippen molar-refractivity contribution in [3.8, 4) is 0 Å². The van der Waals surface area contributed by atoms with Gasteiger partial charge in [-0.2, -0.15) is 0 Å². The van der Waals surface area contributed by atoms with Crippen LogP contribution in [0.2, 0.25) is 0 Å². The zero-order chi connectivity index (χ0) is 9.07. The minimum absolute atomic E-state index is 1.08. The normalized spacial score (nSPS) is 11.0. The highest BCUT2D eigenvalue weighted by atomic mass is 13.8. The Kier molecular flexibility index (Phi) is 9.10. The van der Waals surface area contributed by atoms with Crippen LogP contribution in [0.1, 0.15) is 25.7 Å². The van der Waals surface area contributed by atoms with Crippen molar-refractivity contribution in [3.05, 3.63) is 49.6 Å². The van der Waals surface area contributed by atoms with Crippen LogP contribution in [0.3, 0.4) is 0 Å². The van der Waals surface area contributed by atoms with E-state index < -0.39 is 0 Å². The molecule has 0 aliphatic carbocycles. The Morgan fingerprint density at radius 1 is 0.750 bits per heavy atom. The fourth-order valence-electron chi connectivity index (χ4n) is 0.835. The van der Waals surface area contributed by atoms with Crippen LogP contribution < -0.4 is 0 Å². The lowest BCUT2D eigenvalue weighted by molar-refractivity contribution is 1.01. The predicted octanol–water partition coefficient (Wildman–Crippen LogP) is 4.03. The lowest BCUT2D eigenvalue weighted by Gasteiger charge is -1.86. The molecule has 0 nitrogen and oxygen atoms in total. The third kappa shape index (κ3) is 8.96. The van der Waals surface area contributed by atoms with E-state index in [4.69, 9.17) is 0 Å². The molecule has 0 aromatic carbocycles. The van der Waals surface area contributed by atoms with Gasteiger partial charge in [-0.25, -0.2) is 0 Å². The lowest BCUT2D eigenvalue weighted by Crippen LogP contribution is -1.66. The molecule has 0 spiro atoms. The second kappa shape index (κ2) is 9.96. The zero-order valence-electron chi connectivity index (χ0n) is 7.71. The van der Waals surface area contributed by atoms with Gasteiger partial charge in [0, 0.05) is 0 Å². The molecular weight excluding hydrogens is 144 g/mol. The van der Waals surface area contributed by atoms with Crippen molar-refractivity contribution in [1.29, 1.82) is 0 Å². The molecule has 0 bridgehead atoms. The first-order valence-electron chi connectivity index (χ1n) is 4.45. The molecule has 0 amide bonds. The summed E-state index contributed by atoms with van der Waals surface area (Å²) in [6.07, 6.45) is 16.7. The van der Waals surface area contributed by atoms with Gasteiger partial charge < -0.3 is 0 Å². The van der Waals surface area contributed by atoms with Crippen LogP contribution in [-0.2, 0) is 0 Å². The average molecular weight is 162 g/mol. The van der Waals surface area contributed by atoms with E-state index in [9.17, 15) is 0 Å². The average Bonchev–Trinajstić information content (AvgIpc) is 2.10. The molecule has 0 aliphatic rings. The number of hydrogen-bond acceptors (Lipinski definition) is 0. The monoisotopic (exact) mass is 162 g/mol. The van der Waals surface area contributed by atoms with E-state index in [2.05, 4.69) is 31.4 Å².